The molecule has 3 aromatic heterocycles. The molecule has 1 saturated heterocycles. The highest BCUT2D eigenvalue weighted by molar-refractivity contribution is 5.56. The smallest absolute Gasteiger partial charge is 0.254 e. The third kappa shape index (κ3) is 3.76. The summed E-state index contributed by atoms with van der Waals surface area (Å²) in [5.41, 5.74) is 3.22. The summed E-state index contributed by atoms with van der Waals surface area (Å²) in [7, 11) is 1.94. The molecule has 4 rings (SSSR count). The minimum Gasteiger partial charge on any atom is -0.367 e. The fraction of sp³-hybridized carbons (Fsp3) is 0.400. The standard InChI is InChI=1S/C20H25N7O/c1-13-14(2)23-19(25-20(13)28)15-6-7-18(21-9-15)24-16-5-4-8-27(11-16)17-10-22-26(3)12-17/h6-7,9-10,12,16H,4-5,8,11H2,1-3H3,(H,21,24)(H,23,25,28). The number of nitrogens with zero attached hydrogens (tertiary/aromatic N) is 5. The molecule has 1 unspecified atom stereocenters. The first kappa shape index (κ1) is 18.2. The number of hydrogen-bond donors (Lipinski definition) is 2. The van der Waals surface area contributed by atoms with Crippen LogP contribution >= 0.6 is 0 Å². The second-order valence-corrected chi connectivity index (χ2v) is 7.36. The van der Waals surface area contributed by atoms with Gasteiger partial charge in [-0.25, -0.2) is 9.97 Å². The van der Waals surface area contributed by atoms with E-state index in [0.29, 0.717) is 17.4 Å². The number of aromatic nitrogens is 5. The molecule has 8 heteroatoms. The molecule has 3 aromatic rings. The number of aryl methyl sites for hydroxylation is 2. The van der Waals surface area contributed by atoms with E-state index in [1.54, 1.807) is 13.1 Å². The molecule has 0 aliphatic carbocycles. The number of pyridine rings is 1. The van der Waals surface area contributed by atoms with Gasteiger partial charge in [0.25, 0.3) is 5.56 Å². The summed E-state index contributed by atoms with van der Waals surface area (Å²) < 4.78 is 1.83. The molecule has 0 amide bonds. The van der Waals surface area contributed by atoms with Crippen LogP contribution in [0.2, 0.25) is 0 Å². The Morgan fingerprint density at radius 2 is 2.11 bits per heavy atom. The van der Waals surface area contributed by atoms with E-state index in [1.165, 1.54) is 0 Å². The fourth-order valence-electron chi connectivity index (χ4n) is 3.51. The molecular weight excluding hydrogens is 354 g/mol. The van der Waals surface area contributed by atoms with Crippen molar-refractivity contribution in [3.8, 4) is 11.4 Å². The fourth-order valence-corrected chi connectivity index (χ4v) is 3.51. The number of aromatic amines is 1. The van der Waals surface area contributed by atoms with E-state index in [2.05, 4.69) is 30.3 Å². The Morgan fingerprint density at radius 1 is 1.25 bits per heavy atom. The van der Waals surface area contributed by atoms with Gasteiger partial charge in [-0.05, 0) is 38.8 Å². The van der Waals surface area contributed by atoms with Crippen LogP contribution in [0.5, 0.6) is 0 Å². The second-order valence-electron chi connectivity index (χ2n) is 7.36. The second kappa shape index (κ2) is 7.46. The van der Waals surface area contributed by atoms with Crippen LogP contribution in [0.25, 0.3) is 11.4 Å². The van der Waals surface area contributed by atoms with Crippen molar-refractivity contribution in [2.45, 2.75) is 32.7 Å². The molecule has 2 N–H and O–H groups in total. The molecule has 0 aromatic carbocycles. The lowest BCUT2D eigenvalue weighted by Crippen LogP contribution is -2.42. The van der Waals surface area contributed by atoms with Gasteiger partial charge in [0.15, 0.2) is 0 Å². The van der Waals surface area contributed by atoms with Gasteiger partial charge < -0.3 is 15.2 Å². The molecule has 1 aliphatic rings. The van der Waals surface area contributed by atoms with Gasteiger partial charge in [0, 0.05) is 55.4 Å². The Hall–Kier alpha value is -3.16. The monoisotopic (exact) mass is 379 g/mol. The quantitative estimate of drug-likeness (QED) is 0.722. The third-order valence-electron chi connectivity index (χ3n) is 5.26. The number of H-pyrrole nitrogens is 1. The minimum absolute atomic E-state index is 0.109. The number of anilines is 2. The minimum atomic E-state index is -0.109. The molecule has 0 radical (unpaired) electrons. The van der Waals surface area contributed by atoms with E-state index < -0.39 is 0 Å². The van der Waals surface area contributed by atoms with Crippen LogP contribution in [-0.4, -0.2) is 43.9 Å². The summed E-state index contributed by atoms with van der Waals surface area (Å²) in [6.45, 7) is 5.58. The van der Waals surface area contributed by atoms with E-state index in [-0.39, 0.29) is 5.56 Å². The van der Waals surface area contributed by atoms with E-state index in [4.69, 9.17) is 0 Å². The summed E-state index contributed by atoms with van der Waals surface area (Å²) in [6.07, 6.45) is 7.93. The van der Waals surface area contributed by atoms with Crippen molar-refractivity contribution >= 4 is 11.5 Å². The molecule has 0 spiro atoms. The zero-order valence-corrected chi connectivity index (χ0v) is 16.4. The van der Waals surface area contributed by atoms with Gasteiger partial charge >= 0.3 is 0 Å². The molecule has 0 bridgehead atoms. The van der Waals surface area contributed by atoms with Gasteiger partial charge in [0.05, 0.1) is 11.9 Å². The highest BCUT2D eigenvalue weighted by Crippen LogP contribution is 2.22. The SMILES string of the molecule is Cc1nc(-c2ccc(NC3CCCN(c4cnn(C)c4)C3)nc2)[nH]c(=O)c1C. The number of hydrogen-bond acceptors (Lipinski definition) is 6. The molecule has 0 saturated carbocycles. The summed E-state index contributed by atoms with van der Waals surface area (Å²) in [4.78, 5) is 26.1. The summed E-state index contributed by atoms with van der Waals surface area (Å²) in [5, 5.41) is 7.79. The van der Waals surface area contributed by atoms with Gasteiger partial charge in [-0.15, -0.1) is 0 Å². The van der Waals surface area contributed by atoms with Crippen molar-refractivity contribution in [1.82, 2.24) is 24.7 Å². The average molecular weight is 379 g/mol. The third-order valence-corrected chi connectivity index (χ3v) is 5.26. The van der Waals surface area contributed by atoms with Crippen LogP contribution in [0, 0.1) is 13.8 Å². The average Bonchev–Trinajstić information content (AvgIpc) is 3.13. The predicted molar refractivity (Wildman–Crippen MR) is 110 cm³/mol. The summed E-state index contributed by atoms with van der Waals surface area (Å²) >= 11 is 0. The van der Waals surface area contributed by atoms with Crippen molar-refractivity contribution in [1.29, 1.82) is 0 Å². The molecule has 146 valence electrons. The Kier molecular flexibility index (Phi) is 4.85. The first-order valence-corrected chi connectivity index (χ1v) is 9.53. The zero-order chi connectivity index (χ0) is 19.7. The zero-order valence-electron chi connectivity index (χ0n) is 16.4. The maximum Gasteiger partial charge on any atom is 0.254 e. The van der Waals surface area contributed by atoms with Gasteiger partial charge in [-0.1, -0.05) is 0 Å². The van der Waals surface area contributed by atoms with Crippen LogP contribution in [0.1, 0.15) is 24.1 Å². The normalized spacial score (nSPS) is 17.0. The maximum atomic E-state index is 12.0. The number of nitrogens with one attached hydrogen (secondary N) is 2. The summed E-state index contributed by atoms with van der Waals surface area (Å²) in [5.74, 6) is 1.38. The molecular formula is C20H25N7O. The predicted octanol–water partition coefficient (Wildman–Crippen LogP) is 2.26. The molecule has 1 fully saturated rings. The van der Waals surface area contributed by atoms with Crippen molar-refractivity contribution in [2.24, 2.45) is 7.05 Å². The maximum absolute atomic E-state index is 12.0. The van der Waals surface area contributed by atoms with E-state index in [1.807, 2.05) is 43.2 Å². The first-order chi connectivity index (χ1) is 13.5. The van der Waals surface area contributed by atoms with Gasteiger partial charge in [0.1, 0.15) is 11.6 Å². The number of piperidine rings is 1. The van der Waals surface area contributed by atoms with Crippen LogP contribution < -0.4 is 15.8 Å². The van der Waals surface area contributed by atoms with Crippen molar-refractivity contribution in [3.63, 3.8) is 0 Å². The van der Waals surface area contributed by atoms with Gasteiger partial charge in [0.2, 0.25) is 0 Å². The lowest BCUT2D eigenvalue weighted by molar-refractivity contribution is 0.529. The highest BCUT2D eigenvalue weighted by Gasteiger charge is 2.21. The van der Waals surface area contributed by atoms with Crippen molar-refractivity contribution < 1.29 is 0 Å². The Labute approximate surface area is 163 Å². The number of rotatable bonds is 4. The molecule has 8 nitrogen and oxygen atoms in total. The highest BCUT2D eigenvalue weighted by atomic mass is 16.1. The largest absolute Gasteiger partial charge is 0.367 e. The Morgan fingerprint density at radius 3 is 2.79 bits per heavy atom. The molecule has 4 heterocycles. The van der Waals surface area contributed by atoms with Crippen molar-refractivity contribution in [2.75, 3.05) is 23.3 Å². The summed E-state index contributed by atoms with van der Waals surface area (Å²) in [6, 6.07) is 4.20. The Bertz CT molecular complexity index is 1020. The molecule has 1 aliphatic heterocycles. The molecule has 28 heavy (non-hydrogen) atoms. The lowest BCUT2D eigenvalue weighted by atomic mass is 10.1. The van der Waals surface area contributed by atoms with Crippen LogP contribution in [-0.2, 0) is 7.05 Å². The van der Waals surface area contributed by atoms with Crippen molar-refractivity contribution in [3.05, 3.63) is 52.3 Å². The lowest BCUT2D eigenvalue weighted by Gasteiger charge is -2.34. The molecule has 1 atom stereocenters. The van der Waals surface area contributed by atoms with E-state index in [0.717, 1.165) is 48.7 Å². The van der Waals surface area contributed by atoms with E-state index in [9.17, 15) is 4.79 Å². The van der Waals surface area contributed by atoms with Crippen LogP contribution in [0.4, 0.5) is 11.5 Å². The first-order valence-electron chi connectivity index (χ1n) is 9.53. The Balaban J connectivity index is 1.45. The van der Waals surface area contributed by atoms with E-state index >= 15 is 0 Å². The topological polar surface area (TPSA) is 91.7 Å². The van der Waals surface area contributed by atoms with Gasteiger partial charge in [-0.2, -0.15) is 5.10 Å². The van der Waals surface area contributed by atoms with Gasteiger partial charge in [-0.3, -0.25) is 9.48 Å². The van der Waals surface area contributed by atoms with Crippen LogP contribution in [0.3, 0.4) is 0 Å². The van der Waals surface area contributed by atoms with Crippen LogP contribution in [0.15, 0.2) is 35.5 Å².